The molecule has 1 aliphatic carbocycles. The van der Waals surface area contributed by atoms with E-state index in [9.17, 15) is 19.5 Å². The fraction of sp³-hybridized carbons (Fsp3) is 0.500. The van der Waals surface area contributed by atoms with Crippen molar-refractivity contribution in [2.45, 2.75) is 59.5 Å². The number of nitrogens with one attached hydrogen (secondary N) is 1. The summed E-state index contributed by atoms with van der Waals surface area (Å²) in [6, 6.07) is 4.76. The molecular weight excluding hydrogens is 438 g/mol. The molecule has 0 bridgehead atoms. The second kappa shape index (κ2) is 10.3. The molecule has 184 valence electrons. The van der Waals surface area contributed by atoms with Crippen LogP contribution in [0.3, 0.4) is 0 Å². The van der Waals surface area contributed by atoms with Crippen molar-refractivity contribution in [3.8, 4) is 11.5 Å². The molecule has 2 aliphatic rings. The molecule has 3 rings (SSSR count). The second-order valence-electron chi connectivity index (χ2n) is 8.82. The highest BCUT2D eigenvalue weighted by molar-refractivity contribution is 6.12. The molecule has 1 heterocycles. The molecule has 0 aromatic heterocycles. The summed E-state index contributed by atoms with van der Waals surface area (Å²) in [6.07, 6.45) is 0.768. The van der Waals surface area contributed by atoms with Crippen molar-refractivity contribution in [3.63, 3.8) is 0 Å². The maximum Gasteiger partial charge on any atom is 0.337 e. The molecule has 0 fully saturated rings. The first-order chi connectivity index (χ1) is 16.1. The van der Waals surface area contributed by atoms with Crippen LogP contribution in [0.15, 0.2) is 40.7 Å². The Hall–Kier alpha value is -3.29. The minimum Gasteiger partial charge on any atom is -0.504 e. The van der Waals surface area contributed by atoms with Gasteiger partial charge in [-0.3, -0.25) is 9.59 Å². The highest BCUT2D eigenvalue weighted by Gasteiger charge is 2.47. The predicted molar refractivity (Wildman–Crippen MR) is 125 cm³/mol. The largest absolute Gasteiger partial charge is 0.504 e. The van der Waals surface area contributed by atoms with Gasteiger partial charge < -0.3 is 24.6 Å². The monoisotopic (exact) mass is 471 g/mol. The second-order valence-corrected chi connectivity index (χ2v) is 8.82. The van der Waals surface area contributed by atoms with E-state index in [0.29, 0.717) is 47.6 Å². The summed E-state index contributed by atoms with van der Waals surface area (Å²) in [5, 5.41) is 13.5. The molecule has 0 radical (unpaired) electrons. The third-order valence-corrected chi connectivity index (χ3v) is 6.46. The Morgan fingerprint density at radius 2 is 1.97 bits per heavy atom. The van der Waals surface area contributed by atoms with E-state index in [4.69, 9.17) is 14.2 Å². The molecule has 0 saturated carbocycles. The molecule has 2 N–H and O–H groups in total. The van der Waals surface area contributed by atoms with Crippen molar-refractivity contribution >= 4 is 17.7 Å². The van der Waals surface area contributed by atoms with Gasteiger partial charge in [0.15, 0.2) is 17.3 Å². The molecule has 0 amide bonds. The van der Waals surface area contributed by atoms with Crippen LogP contribution < -0.4 is 10.1 Å². The van der Waals surface area contributed by atoms with Crippen molar-refractivity contribution in [2.24, 2.45) is 11.8 Å². The molecule has 0 saturated heterocycles. The summed E-state index contributed by atoms with van der Waals surface area (Å²) in [7, 11) is 1.26. The number of ether oxygens (including phenoxy) is 3. The number of methoxy groups -OCH3 is 1. The van der Waals surface area contributed by atoms with Gasteiger partial charge in [-0.2, -0.15) is 0 Å². The summed E-state index contributed by atoms with van der Waals surface area (Å²) in [5.41, 5.74) is 2.46. The molecule has 4 atom stereocenters. The lowest BCUT2D eigenvalue weighted by molar-refractivity contribution is -0.151. The number of hydrogen-bond donors (Lipinski definition) is 2. The van der Waals surface area contributed by atoms with E-state index in [0.717, 1.165) is 0 Å². The van der Waals surface area contributed by atoms with Crippen LogP contribution in [0.4, 0.5) is 0 Å². The van der Waals surface area contributed by atoms with Crippen LogP contribution in [-0.4, -0.2) is 42.6 Å². The van der Waals surface area contributed by atoms with E-state index >= 15 is 0 Å². The maximum atomic E-state index is 13.7. The number of carbonyl (C=O) groups excluding carboxylic acids is 3. The van der Waals surface area contributed by atoms with Gasteiger partial charge in [-0.25, -0.2) is 4.79 Å². The van der Waals surface area contributed by atoms with Crippen molar-refractivity contribution in [3.05, 3.63) is 46.3 Å². The first-order valence-electron chi connectivity index (χ1n) is 11.6. The normalized spacial score (nSPS) is 23.1. The average Bonchev–Trinajstić information content (AvgIpc) is 2.79. The standard InChI is InChI=1S/C26H33NO7/c1-7-14(4)34-26(31)21-15(5)27-17-11-13(3)20(25(30)32-6)24(29)23(17)22(21)16-9-10-18(28)19(12-16)33-8-2/h9-10,12-14,20,22,27-28H,7-8,11H2,1-6H3/t13-,14+,20-,22+/m0/s1. The number of ketones is 1. The molecule has 8 nitrogen and oxygen atoms in total. The number of allylic oxidation sites excluding steroid dienone is 3. The molecule has 8 heteroatoms. The third kappa shape index (κ3) is 4.67. The van der Waals surface area contributed by atoms with Gasteiger partial charge in [-0.05, 0) is 57.2 Å². The van der Waals surface area contributed by atoms with Crippen LogP contribution in [0.1, 0.15) is 58.9 Å². The summed E-state index contributed by atoms with van der Waals surface area (Å²) >= 11 is 0. The van der Waals surface area contributed by atoms with Crippen molar-refractivity contribution in [1.29, 1.82) is 0 Å². The van der Waals surface area contributed by atoms with Crippen LogP contribution in [0.5, 0.6) is 11.5 Å². The Balaban J connectivity index is 2.20. The third-order valence-electron chi connectivity index (χ3n) is 6.46. The zero-order valence-electron chi connectivity index (χ0n) is 20.6. The van der Waals surface area contributed by atoms with Gasteiger partial charge in [0, 0.05) is 22.9 Å². The average molecular weight is 472 g/mol. The lowest BCUT2D eigenvalue weighted by Gasteiger charge is -2.38. The molecule has 1 aromatic rings. The van der Waals surface area contributed by atoms with Crippen LogP contribution in [0, 0.1) is 11.8 Å². The highest BCUT2D eigenvalue weighted by atomic mass is 16.5. The quantitative estimate of drug-likeness (QED) is 0.457. The number of aromatic hydroxyl groups is 1. The van der Waals surface area contributed by atoms with E-state index in [1.807, 2.05) is 13.8 Å². The number of rotatable bonds is 7. The van der Waals surface area contributed by atoms with Crippen molar-refractivity contribution < 1.29 is 33.7 Å². The van der Waals surface area contributed by atoms with E-state index < -0.39 is 23.8 Å². The van der Waals surface area contributed by atoms with Crippen molar-refractivity contribution in [1.82, 2.24) is 5.32 Å². The van der Waals surface area contributed by atoms with Crippen LogP contribution in [0.25, 0.3) is 0 Å². The van der Waals surface area contributed by atoms with Gasteiger partial charge in [0.05, 0.1) is 25.4 Å². The lowest BCUT2D eigenvalue weighted by atomic mass is 9.69. The summed E-state index contributed by atoms with van der Waals surface area (Å²) in [5.74, 6) is -3.36. The molecular formula is C26H33NO7. The van der Waals surface area contributed by atoms with E-state index in [1.54, 1.807) is 32.9 Å². The molecule has 0 unspecified atom stereocenters. The zero-order chi connectivity index (χ0) is 25.2. The maximum absolute atomic E-state index is 13.7. The molecule has 34 heavy (non-hydrogen) atoms. The fourth-order valence-electron chi connectivity index (χ4n) is 4.60. The number of esters is 2. The van der Waals surface area contributed by atoms with E-state index in [2.05, 4.69) is 5.32 Å². The van der Waals surface area contributed by atoms with Gasteiger partial charge in [-0.1, -0.05) is 19.9 Å². The number of dihydropyridines is 1. The predicted octanol–water partition coefficient (Wildman–Crippen LogP) is 3.75. The highest BCUT2D eigenvalue weighted by Crippen LogP contribution is 2.46. The number of phenolic OH excluding ortho intramolecular Hbond substituents is 1. The minimum absolute atomic E-state index is 0.0470. The number of benzene rings is 1. The fourth-order valence-corrected chi connectivity index (χ4v) is 4.60. The Kier molecular flexibility index (Phi) is 7.69. The number of phenols is 1. The van der Waals surface area contributed by atoms with E-state index in [1.165, 1.54) is 13.2 Å². The zero-order valence-corrected chi connectivity index (χ0v) is 20.6. The summed E-state index contributed by atoms with van der Waals surface area (Å²) in [4.78, 5) is 39.6. The Bertz CT molecular complexity index is 1060. The molecule has 1 aliphatic heterocycles. The smallest absolute Gasteiger partial charge is 0.337 e. The number of Topliss-reactive ketones (excluding diaryl/α,β-unsaturated/α-hetero) is 1. The first kappa shape index (κ1) is 25.3. The first-order valence-corrected chi connectivity index (χ1v) is 11.6. The van der Waals surface area contributed by atoms with Gasteiger partial charge in [0.1, 0.15) is 5.92 Å². The minimum atomic E-state index is -0.971. The van der Waals surface area contributed by atoms with Gasteiger partial charge >= 0.3 is 11.9 Å². The number of carbonyl (C=O) groups is 3. The Morgan fingerprint density at radius 1 is 1.26 bits per heavy atom. The lowest BCUT2D eigenvalue weighted by Crippen LogP contribution is -2.43. The SMILES string of the molecule is CCOc1cc([C@@H]2C(C(=O)O[C@H](C)CC)=C(C)NC3=C2C(=O)[C@@H](C(=O)OC)[C@@H](C)C3)ccc1O. The van der Waals surface area contributed by atoms with Gasteiger partial charge in [0.2, 0.25) is 0 Å². The van der Waals surface area contributed by atoms with Gasteiger partial charge in [0.25, 0.3) is 0 Å². The van der Waals surface area contributed by atoms with Crippen LogP contribution in [0.2, 0.25) is 0 Å². The summed E-state index contributed by atoms with van der Waals surface area (Å²) < 4.78 is 16.1. The topological polar surface area (TPSA) is 111 Å². The van der Waals surface area contributed by atoms with E-state index in [-0.39, 0.29) is 29.3 Å². The molecule has 0 spiro atoms. The number of hydrogen-bond acceptors (Lipinski definition) is 8. The van der Waals surface area contributed by atoms with Gasteiger partial charge in [-0.15, -0.1) is 0 Å². The van der Waals surface area contributed by atoms with Crippen molar-refractivity contribution in [2.75, 3.05) is 13.7 Å². The van der Waals surface area contributed by atoms with Crippen LogP contribution in [-0.2, 0) is 23.9 Å². The summed E-state index contributed by atoms with van der Waals surface area (Å²) in [6.45, 7) is 9.45. The molecule has 1 aromatic carbocycles. The van der Waals surface area contributed by atoms with Crippen LogP contribution >= 0.6 is 0 Å². The Morgan fingerprint density at radius 3 is 2.59 bits per heavy atom. The Labute approximate surface area is 200 Å².